The Balaban J connectivity index is 0.00000144. The Morgan fingerprint density at radius 2 is 2.06 bits per heavy atom. The van der Waals surface area contributed by atoms with Crippen molar-refractivity contribution in [3.63, 3.8) is 0 Å². The van der Waals surface area contributed by atoms with E-state index >= 15 is 0 Å². The third-order valence-electron chi connectivity index (χ3n) is 3.38. The molecule has 2 N–H and O–H groups in total. The molecule has 3 nitrogen and oxygen atoms in total. The van der Waals surface area contributed by atoms with Gasteiger partial charge in [-0.1, -0.05) is 24.6 Å². The van der Waals surface area contributed by atoms with Gasteiger partial charge in [0.1, 0.15) is 0 Å². The summed E-state index contributed by atoms with van der Waals surface area (Å²) >= 11 is 0. The fourth-order valence-electron chi connectivity index (χ4n) is 2.14. The second-order valence-corrected chi connectivity index (χ2v) is 4.30. The first kappa shape index (κ1) is 14.0. The lowest BCUT2D eigenvalue weighted by molar-refractivity contribution is 0.0598. The van der Waals surface area contributed by atoms with Crippen LogP contribution in [0, 0.1) is 5.92 Å². The van der Waals surface area contributed by atoms with Crippen molar-refractivity contribution in [1.82, 2.24) is 0 Å². The number of nitrogens with two attached hydrogens (primary N) is 1. The number of hydrogen-bond acceptors (Lipinski definition) is 3. The number of carbonyl (C=O) groups excluding carboxylic acids is 1. The summed E-state index contributed by atoms with van der Waals surface area (Å²) in [5.41, 5.74) is 7.70. The number of ether oxygens (including phenoxy) is 1. The highest BCUT2D eigenvalue weighted by Gasteiger charge is 2.28. The van der Waals surface area contributed by atoms with Gasteiger partial charge in [0, 0.05) is 6.04 Å². The molecule has 0 bridgehead atoms. The van der Waals surface area contributed by atoms with Gasteiger partial charge < -0.3 is 10.5 Å². The highest BCUT2D eigenvalue weighted by Crippen LogP contribution is 2.37. The molecular formula is C13H18ClNO2. The summed E-state index contributed by atoms with van der Waals surface area (Å²) in [5, 5.41) is 0. The van der Waals surface area contributed by atoms with Crippen molar-refractivity contribution in [2.24, 2.45) is 11.7 Å². The first-order valence-electron chi connectivity index (χ1n) is 5.67. The van der Waals surface area contributed by atoms with Crippen molar-refractivity contribution in [3.8, 4) is 0 Å². The fraction of sp³-hybridized carbons (Fsp3) is 0.462. The molecule has 17 heavy (non-hydrogen) atoms. The SMILES string of the molecule is COC(=O)c1ccccc1[C@H](N)C1CCC1.Cl. The summed E-state index contributed by atoms with van der Waals surface area (Å²) in [6, 6.07) is 7.42. The molecule has 0 aromatic heterocycles. The molecule has 0 aliphatic heterocycles. The molecule has 1 aliphatic rings. The smallest absolute Gasteiger partial charge is 0.338 e. The third kappa shape index (κ3) is 2.79. The molecule has 1 fully saturated rings. The van der Waals surface area contributed by atoms with Crippen LogP contribution in [0.3, 0.4) is 0 Å². The van der Waals surface area contributed by atoms with Gasteiger partial charge in [0.2, 0.25) is 0 Å². The van der Waals surface area contributed by atoms with Crippen molar-refractivity contribution in [1.29, 1.82) is 0 Å². The van der Waals surface area contributed by atoms with E-state index in [2.05, 4.69) is 0 Å². The molecule has 94 valence electrons. The quantitative estimate of drug-likeness (QED) is 0.845. The van der Waals surface area contributed by atoms with Gasteiger partial charge in [-0.25, -0.2) is 4.79 Å². The van der Waals surface area contributed by atoms with Crippen LogP contribution in [0.4, 0.5) is 0 Å². The Morgan fingerprint density at radius 3 is 2.59 bits per heavy atom. The highest BCUT2D eigenvalue weighted by molar-refractivity contribution is 5.91. The predicted octanol–water partition coefficient (Wildman–Crippen LogP) is 2.69. The van der Waals surface area contributed by atoms with E-state index in [9.17, 15) is 4.79 Å². The minimum Gasteiger partial charge on any atom is -0.465 e. The van der Waals surface area contributed by atoms with Crippen molar-refractivity contribution >= 4 is 18.4 Å². The maximum absolute atomic E-state index is 11.6. The third-order valence-corrected chi connectivity index (χ3v) is 3.38. The largest absolute Gasteiger partial charge is 0.465 e. The summed E-state index contributed by atoms with van der Waals surface area (Å²) in [6.07, 6.45) is 3.58. The number of esters is 1. The molecule has 0 saturated heterocycles. The first-order valence-corrected chi connectivity index (χ1v) is 5.67. The first-order chi connectivity index (χ1) is 7.74. The number of benzene rings is 1. The van der Waals surface area contributed by atoms with E-state index in [1.54, 1.807) is 6.07 Å². The molecule has 1 atom stereocenters. The van der Waals surface area contributed by atoms with E-state index in [1.807, 2.05) is 18.2 Å². The Hall–Kier alpha value is -1.06. The van der Waals surface area contributed by atoms with E-state index in [0.29, 0.717) is 11.5 Å². The number of hydrogen-bond donors (Lipinski definition) is 1. The summed E-state index contributed by atoms with van der Waals surface area (Å²) in [7, 11) is 1.40. The lowest BCUT2D eigenvalue weighted by atomic mass is 9.77. The Kier molecular flexibility index (Phi) is 4.97. The van der Waals surface area contributed by atoms with Gasteiger partial charge in [0.25, 0.3) is 0 Å². The average molecular weight is 256 g/mol. The van der Waals surface area contributed by atoms with Gasteiger partial charge in [0.05, 0.1) is 12.7 Å². The van der Waals surface area contributed by atoms with E-state index in [-0.39, 0.29) is 24.4 Å². The van der Waals surface area contributed by atoms with Gasteiger partial charge in [-0.05, 0) is 30.4 Å². The topological polar surface area (TPSA) is 52.3 Å². The van der Waals surface area contributed by atoms with Crippen LogP contribution in [0.25, 0.3) is 0 Å². The predicted molar refractivity (Wildman–Crippen MR) is 69.3 cm³/mol. The van der Waals surface area contributed by atoms with E-state index < -0.39 is 0 Å². The average Bonchev–Trinajstić information content (AvgIpc) is 2.25. The minimum absolute atomic E-state index is 0. The Bertz CT molecular complexity index is 391. The van der Waals surface area contributed by atoms with Crippen LogP contribution >= 0.6 is 12.4 Å². The highest BCUT2D eigenvalue weighted by atomic mass is 35.5. The van der Waals surface area contributed by atoms with Crippen LogP contribution in [0.2, 0.25) is 0 Å². The van der Waals surface area contributed by atoms with Gasteiger partial charge in [-0.3, -0.25) is 0 Å². The summed E-state index contributed by atoms with van der Waals surface area (Å²) in [5.74, 6) is 0.219. The molecule has 0 spiro atoms. The summed E-state index contributed by atoms with van der Waals surface area (Å²) < 4.78 is 4.76. The van der Waals surface area contributed by atoms with Crippen molar-refractivity contribution in [2.45, 2.75) is 25.3 Å². The molecule has 1 saturated carbocycles. The van der Waals surface area contributed by atoms with Crippen LogP contribution in [-0.4, -0.2) is 13.1 Å². The zero-order chi connectivity index (χ0) is 11.5. The van der Waals surface area contributed by atoms with E-state index in [1.165, 1.54) is 13.5 Å². The molecule has 1 aromatic carbocycles. The van der Waals surface area contributed by atoms with Gasteiger partial charge in [0.15, 0.2) is 0 Å². The van der Waals surface area contributed by atoms with E-state index in [0.717, 1.165) is 18.4 Å². The molecule has 0 radical (unpaired) electrons. The standard InChI is InChI=1S/C13H17NO2.ClH/c1-16-13(15)11-8-3-2-7-10(11)12(14)9-5-4-6-9;/h2-3,7-9,12H,4-6,14H2,1H3;1H/t12-;/m1./s1. The zero-order valence-electron chi connectivity index (χ0n) is 9.89. The van der Waals surface area contributed by atoms with Gasteiger partial charge in [-0.2, -0.15) is 0 Å². The molecule has 0 amide bonds. The molecule has 2 rings (SSSR count). The molecule has 1 aliphatic carbocycles. The number of carbonyl (C=O) groups is 1. The molecule has 0 heterocycles. The minimum atomic E-state index is -0.301. The zero-order valence-corrected chi connectivity index (χ0v) is 10.7. The summed E-state index contributed by atoms with van der Waals surface area (Å²) in [4.78, 5) is 11.6. The normalized spacial score (nSPS) is 16.6. The maximum atomic E-state index is 11.6. The second kappa shape index (κ2) is 6.03. The lowest BCUT2D eigenvalue weighted by Gasteiger charge is -2.32. The van der Waals surface area contributed by atoms with Crippen molar-refractivity contribution in [2.75, 3.05) is 7.11 Å². The summed E-state index contributed by atoms with van der Waals surface area (Å²) in [6.45, 7) is 0. The van der Waals surface area contributed by atoms with Crippen LogP contribution in [0.5, 0.6) is 0 Å². The van der Waals surface area contributed by atoms with Crippen LogP contribution in [-0.2, 0) is 4.74 Å². The fourth-order valence-corrected chi connectivity index (χ4v) is 2.14. The monoisotopic (exact) mass is 255 g/mol. The van der Waals surface area contributed by atoms with Crippen LogP contribution < -0.4 is 5.73 Å². The van der Waals surface area contributed by atoms with Crippen LogP contribution in [0.15, 0.2) is 24.3 Å². The van der Waals surface area contributed by atoms with Gasteiger partial charge >= 0.3 is 5.97 Å². The molecule has 0 unspecified atom stereocenters. The maximum Gasteiger partial charge on any atom is 0.338 e. The van der Waals surface area contributed by atoms with Crippen molar-refractivity contribution in [3.05, 3.63) is 35.4 Å². The second-order valence-electron chi connectivity index (χ2n) is 4.30. The molecule has 1 aromatic rings. The number of halogens is 1. The number of methoxy groups -OCH3 is 1. The Morgan fingerprint density at radius 1 is 1.41 bits per heavy atom. The lowest BCUT2D eigenvalue weighted by Crippen LogP contribution is -2.28. The number of rotatable bonds is 3. The van der Waals surface area contributed by atoms with E-state index in [4.69, 9.17) is 10.5 Å². The molecular weight excluding hydrogens is 238 g/mol. The molecule has 4 heteroatoms. The Labute approximate surface area is 108 Å². The van der Waals surface area contributed by atoms with Crippen LogP contribution in [0.1, 0.15) is 41.2 Å². The van der Waals surface area contributed by atoms with Gasteiger partial charge in [-0.15, -0.1) is 12.4 Å². The van der Waals surface area contributed by atoms with Crippen molar-refractivity contribution < 1.29 is 9.53 Å².